The smallest absolute Gasteiger partial charge is 0.338 e. The molecule has 0 heterocycles. The molecule has 0 saturated carbocycles. The van der Waals surface area contributed by atoms with Gasteiger partial charge in [0.15, 0.2) is 0 Å². The molecule has 2 aromatic carbocycles. The zero-order valence-electron chi connectivity index (χ0n) is 11.3. The zero-order chi connectivity index (χ0) is 18.6. The predicted molar refractivity (Wildman–Crippen MR) is 96.9 cm³/mol. The van der Waals surface area contributed by atoms with Crippen molar-refractivity contribution in [1.82, 2.24) is 0 Å². The van der Waals surface area contributed by atoms with Gasteiger partial charge in [0.2, 0.25) is 0 Å². The Kier molecular flexibility index (Phi) is 7.93. The first kappa shape index (κ1) is 21.2. The van der Waals surface area contributed by atoms with Crippen LogP contribution in [0.15, 0.2) is 24.3 Å². The monoisotopic (exact) mass is 448 g/mol. The van der Waals surface area contributed by atoms with Crippen molar-refractivity contribution in [2.24, 2.45) is 0 Å². The van der Waals surface area contributed by atoms with Crippen LogP contribution in [-0.2, 0) is 0 Å². The highest BCUT2D eigenvalue weighted by molar-refractivity contribution is 6.49. The summed E-state index contributed by atoms with van der Waals surface area (Å²) in [5, 5.41) is 17.7. The predicted octanol–water partition coefficient (Wildman–Crippen LogP) is 6.69. The molecule has 128 valence electrons. The first-order valence-corrected chi connectivity index (χ1v) is 8.08. The molecule has 0 aliphatic rings. The standard InChI is InChI=1S/2C7H3Cl3O2/c8-3-1-2-4(9)6(10)5(3)7(11)12;8-4-2-1-3(7(11)12)5(9)6(4)10/h2*1-2H,(H,11,12). The van der Waals surface area contributed by atoms with Crippen LogP contribution >= 0.6 is 69.6 Å². The van der Waals surface area contributed by atoms with Crippen LogP contribution in [0.2, 0.25) is 30.1 Å². The maximum atomic E-state index is 10.6. The van der Waals surface area contributed by atoms with Gasteiger partial charge in [0, 0.05) is 0 Å². The van der Waals surface area contributed by atoms with Crippen LogP contribution < -0.4 is 0 Å². The fourth-order valence-corrected chi connectivity index (χ4v) is 2.72. The van der Waals surface area contributed by atoms with Crippen LogP contribution in [0.3, 0.4) is 0 Å². The second-order valence-corrected chi connectivity index (χ2v) is 6.41. The van der Waals surface area contributed by atoms with Crippen molar-refractivity contribution < 1.29 is 19.8 Å². The highest BCUT2D eigenvalue weighted by atomic mass is 35.5. The Labute approximate surface area is 166 Å². The molecule has 0 amide bonds. The van der Waals surface area contributed by atoms with E-state index in [9.17, 15) is 9.59 Å². The number of carbonyl (C=O) groups is 2. The van der Waals surface area contributed by atoms with Crippen LogP contribution in [0.5, 0.6) is 0 Å². The molecule has 2 aromatic rings. The van der Waals surface area contributed by atoms with Gasteiger partial charge in [-0.25, -0.2) is 9.59 Å². The van der Waals surface area contributed by atoms with E-state index in [1.807, 2.05) is 0 Å². The Balaban J connectivity index is 0.000000240. The molecule has 2 N–H and O–H groups in total. The van der Waals surface area contributed by atoms with Gasteiger partial charge in [-0.3, -0.25) is 0 Å². The van der Waals surface area contributed by atoms with E-state index in [1.54, 1.807) is 0 Å². The molecule has 0 unspecified atom stereocenters. The summed E-state index contributed by atoms with van der Waals surface area (Å²) in [7, 11) is 0. The first-order chi connectivity index (χ1) is 11.1. The lowest BCUT2D eigenvalue weighted by Crippen LogP contribution is -1.98. The third kappa shape index (κ3) is 5.06. The van der Waals surface area contributed by atoms with Crippen LogP contribution in [0.25, 0.3) is 0 Å². The summed E-state index contributed by atoms with van der Waals surface area (Å²) in [6.07, 6.45) is 0. The van der Waals surface area contributed by atoms with Gasteiger partial charge < -0.3 is 10.2 Å². The van der Waals surface area contributed by atoms with E-state index in [4.69, 9.17) is 79.8 Å². The normalized spacial score (nSPS) is 9.92. The number of hydrogen-bond donors (Lipinski definition) is 2. The lowest BCUT2D eigenvalue weighted by atomic mass is 10.2. The van der Waals surface area contributed by atoms with E-state index < -0.39 is 11.9 Å². The molecular formula is C14H6Cl6O4. The molecule has 0 fully saturated rings. The average molecular weight is 451 g/mol. The quantitative estimate of drug-likeness (QED) is 0.394. The second kappa shape index (κ2) is 8.99. The van der Waals surface area contributed by atoms with Crippen molar-refractivity contribution in [2.75, 3.05) is 0 Å². The lowest BCUT2D eigenvalue weighted by molar-refractivity contribution is 0.0686. The van der Waals surface area contributed by atoms with Crippen molar-refractivity contribution >= 4 is 81.5 Å². The molecule has 4 nitrogen and oxygen atoms in total. The number of aromatic carboxylic acids is 2. The molecule has 24 heavy (non-hydrogen) atoms. The van der Waals surface area contributed by atoms with Gasteiger partial charge in [-0.15, -0.1) is 0 Å². The van der Waals surface area contributed by atoms with E-state index >= 15 is 0 Å². The number of carboxylic acid groups (broad SMARTS) is 2. The third-order valence-corrected chi connectivity index (χ3v) is 4.94. The Morgan fingerprint density at radius 1 is 0.625 bits per heavy atom. The number of rotatable bonds is 2. The largest absolute Gasteiger partial charge is 0.478 e. The Morgan fingerprint density at radius 3 is 1.54 bits per heavy atom. The van der Waals surface area contributed by atoms with Gasteiger partial charge in [-0.2, -0.15) is 0 Å². The fourth-order valence-electron chi connectivity index (χ4n) is 1.41. The third-order valence-electron chi connectivity index (χ3n) is 2.52. The van der Waals surface area contributed by atoms with Gasteiger partial charge in [-0.1, -0.05) is 69.6 Å². The highest BCUT2D eigenvalue weighted by Crippen LogP contribution is 2.32. The van der Waals surface area contributed by atoms with Gasteiger partial charge >= 0.3 is 11.9 Å². The summed E-state index contributed by atoms with van der Waals surface area (Å²) >= 11 is 33.5. The molecule has 0 saturated heterocycles. The number of halogens is 6. The fraction of sp³-hybridized carbons (Fsp3) is 0. The van der Waals surface area contributed by atoms with E-state index in [2.05, 4.69) is 0 Å². The first-order valence-electron chi connectivity index (χ1n) is 5.81. The van der Waals surface area contributed by atoms with Crippen LogP contribution in [0.1, 0.15) is 20.7 Å². The van der Waals surface area contributed by atoms with Gasteiger partial charge in [0.1, 0.15) is 0 Å². The minimum Gasteiger partial charge on any atom is -0.478 e. The SMILES string of the molecule is O=C(O)c1c(Cl)ccc(Cl)c1Cl.O=C(O)c1ccc(Cl)c(Cl)c1Cl. The molecule has 0 spiro atoms. The minimum atomic E-state index is -1.19. The summed E-state index contributed by atoms with van der Waals surface area (Å²) in [5.41, 5.74) is -0.211. The minimum absolute atomic E-state index is 0.0309. The summed E-state index contributed by atoms with van der Waals surface area (Å²) < 4.78 is 0. The van der Waals surface area contributed by atoms with Crippen LogP contribution in [-0.4, -0.2) is 22.2 Å². The van der Waals surface area contributed by atoms with Crippen LogP contribution in [0, 0.1) is 0 Å². The van der Waals surface area contributed by atoms with Crippen molar-refractivity contribution in [1.29, 1.82) is 0 Å². The Morgan fingerprint density at radius 2 is 1.08 bits per heavy atom. The second-order valence-electron chi connectivity index (χ2n) is 4.05. The molecule has 10 heteroatoms. The van der Waals surface area contributed by atoms with Crippen LogP contribution in [0.4, 0.5) is 0 Å². The number of hydrogen-bond acceptors (Lipinski definition) is 2. The van der Waals surface area contributed by atoms with E-state index in [0.29, 0.717) is 0 Å². The number of carboxylic acids is 2. The van der Waals surface area contributed by atoms with E-state index in [1.165, 1.54) is 24.3 Å². The molecule has 0 atom stereocenters. The van der Waals surface area contributed by atoms with Crippen molar-refractivity contribution in [2.45, 2.75) is 0 Å². The van der Waals surface area contributed by atoms with Crippen molar-refractivity contribution in [3.8, 4) is 0 Å². The van der Waals surface area contributed by atoms with Gasteiger partial charge in [0.05, 0.1) is 41.3 Å². The lowest BCUT2D eigenvalue weighted by Gasteiger charge is -2.02. The summed E-state index contributed by atoms with van der Waals surface area (Å²) in [4.78, 5) is 21.1. The van der Waals surface area contributed by atoms with Crippen molar-refractivity contribution in [3.63, 3.8) is 0 Å². The number of benzene rings is 2. The molecule has 2 rings (SSSR count). The van der Waals surface area contributed by atoms with Crippen molar-refractivity contribution in [3.05, 3.63) is 65.5 Å². The summed E-state index contributed by atoms with van der Waals surface area (Å²) in [6, 6.07) is 5.52. The topological polar surface area (TPSA) is 74.6 Å². The molecule has 0 bridgehead atoms. The zero-order valence-corrected chi connectivity index (χ0v) is 15.8. The molecule has 0 aliphatic heterocycles. The van der Waals surface area contributed by atoms with Gasteiger partial charge in [-0.05, 0) is 24.3 Å². The van der Waals surface area contributed by atoms with E-state index in [-0.39, 0.29) is 41.3 Å². The summed E-state index contributed by atoms with van der Waals surface area (Å²) in [5.74, 6) is -2.31. The highest BCUT2D eigenvalue weighted by Gasteiger charge is 2.15. The van der Waals surface area contributed by atoms with Gasteiger partial charge in [0.25, 0.3) is 0 Å². The molecule has 0 aliphatic carbocycles. The Hall–Kier alpha value is -0.880. The average Bonchev–Trinajstić information content (AvgIpc) is 2.49. The Bertz CT molecular complexity index is 806. The maximum absolute atomic E-state index is 10.6. The molecule has 0 radical (unpaired) electrons. The maximum Gasteiger partial charge on any atom is 0.338 e. The molecule has 0 aromatic heterocycles. The van der Waals surface area contributed by atoms with E-state index in [0.717, 1.165) is 0 Å². The summed E-state index contributed by atoms with van der Waals surface area (Å²) in [6.45, 7) is 0. The molecular weight excluding hydrogens is 445 g/mol.